The Balaban J connectivity index is 2.99. The fraction of sp³-hybridized carbons (Fsp3) is 0.500. The summed E-state index contributed by atoms with van der Waals surface area (Å²) in [5.74, 6) is -5.08. The second-order valence-electron chi connectivity index (χ2n) is 8.14. The van der Waals surface area contributed by atoms with Crippen LogP contribution in [0.3, 0.4) is 0 Å². The van der Waals surface area contributed by atoms with Crippen molar-refractivity contribution in [3.8, 4) is 5.75 Å². The van der Waals surface area contributed by atoms with Crippen molar-refractivity contribution in [1.29, 1.82) is 0 Å². The van der Waals surface area contributed by atoms with Gasteiger partial charge in [0.05, 0.1) is 19.1 Å². The zero-order valence-corrected chi connectivity index (χ0v) is 19.7. The van der Waals surface area contributed by atoms with E-state index in [2.05, 4.69) is 10.6 Å². The number of carbonyl (C=O) groups excluding carboxylic acids is 4. The summed E-state index contributed by atoms with van der Waals surface area (Å²) >= 11 is 0. The van der Waals surface area contributed by atoms with E-state index in [1.807, 2.05) is 5.32 Å². The largest absolute Gasteiger partial charge is 0.508 e. The molecule has 36 heavy (non-hydrogen) atoms. The number of amides is 4. The molecule has 14 heteroatoms. The monoisotopic (exact) mass is 510 g/mol. The van der Waals surface area contributed by atoms with Crippen LogP contribution in [0.2, 0.25) is 0 Å². The van der Waals surface area contributed by atoms with E-state index in [9.17, 15) is 34.2 Å². The lowest BCUT2D eigenvalue weighted by Gasteiger charge is -2.24. The van der Waals surface area contributed by atoms with Crippen LogP contribution in [0.1, 0.15) is 31.2 Å². The van der Waals surface area contributed by atoms with Crippen molar-refractivity contribution >= 4 is 29.6 Å². The molecule has 1 aromatic rings. The predicted molar refractivity (Wildman–Crippen MR) is 127 cm³/mol. The third-order valence-corrected chi connectivity index (χ3v) is 5.15. The standard InChI is InChI=1S/C22H34N6O8/c23-8-2-1-3-14(24)19(32)26-15(9-12-4-6-13(30)7-5-12)20(33)28-17(11-29)21(34)27-16(22(35)36)10-18(25)31/h4-7,14-17,29-30H,1-3,8-11,23-24H2,(H2,25,31)(H,26,32)(H,27,34)(H,28,33)(H,35,36). The SMILES string of the molecule is NCCCCC(N)C(=O)NC(Cc1ccc(O)cc1)C(=O)NC(CO)C(=O)NC(CC(N)=O)C(=O)O. The molecule has 0 spiro atoms. The number of phenols is 1. The lowest BCUT2D eigenvalue weighted by molar-refractivity contribution is -0.144. The maximum Gasteiger partial charge on any atom is 0.326 e. The quantitative estimate of drug-likeness (QED) is 0.101. The van der Waals surface area contributed by atoms with Crippen LogP contribution in [-0.4, -0.2) is 82.2 Å². The van der Waals surface area contributed by atoms with E-state index in [0.29, 0.717) is 31.4 Å². The number of phenolic OH excluding ortho intramolecular Hbond substituents is 1. The number of unbranched alkanes of at least 4 members (excludes halogenated alkanes) is 1. The first kappa shape index (κ1) is 30.3. The highest BCUT2D eigenvalue weighted by Crippen LogP contribution is 2.12. The Labute approximate surface area is 207 Å². The zero-order valence-electron chi connectivity index (χ0n) is 19.7. The molecular formula is C22H34N6O8. The molecule has 0 aromatic heterocycles. The lowest BCUT2D eigenvalue weighted by Crippen LogP contribution is -2.58. The Morgan fingerprint density at radius 1 is 0.861 bits per heavy atom. The Morgan fingerprint density at radius 3 is 1.94 bits per heavy atom. The molecular weight excluding hydrogens is 476 g/mol. The van der Waals surface area contributed by atoms with Crippen molar-refractivity contribution in [3.05, 3.63) is 29.8 Å². The molecule has 200 valence electrons. The lowest BCUT2D eigenvalue weighted by atomic mass is 10.0. The van der Waals surface area contributed by atoms with Gasteiger partial charge in [0.15, 0.2) is 0 Å². The molecule has 0 saturated heterocycles. The van der Waals surface area contributed by atoms with Crippen molar-refractivity contribution in [3.63, 3.8) is 0 Å². The molecule has 12 N–H and O–H groups in total. The second-order valence-corrected chi connectivity index (χ2v) is 8.14. The summed E-state index contributed by atoms with van der Waals surface area (Å²) in [6, 6.07) is 0.420. The second kappa shape index (κ2) is 15.3. The van der Waals surface area contributed by atoms with Crippen molar-refractivity contribution in [2.24, 2.45) is 17.2 Å². The molecule has 4 unspecified atom stereocenters. The molecule has 0 aliphatic heterocycles. The van der Waals surface area contributed by atoms with Crippen molar-refractivity contribution in [2.75, 3.05) is 13.2 Å². The van der Waals surface area contributed by atoms with Gasteiger partial charge in [-0.15, -0.1) is 0 Å². The third-order valence-electron chi connectivity index (χ3n) is 5.15. The fourth-order valence-electron chi connectivity index (χ4n) is 3.14. The number of hydrogen-bond acceptors (Lipinski definition) is 9. The van der Waals surface area contributed by atoms with E-state index < -0.39 is 66.8 Å². The van der Waals surface area contributed by atoms with Gasteiger partial charge in [-0.2, -0.15) is 0 Å². The first-order valence-corrected chi connectivity index (χ1v) is 11.2. The van der Waals surface area contributed by atoms with E-state index in [4.69, 9.17) is 22.3 Å². The molecule has 0 aliphatic rings. The number of carboxylic acid groups (broad SMARTS) is 1. The molecule has 0 aliphatic carbocycles. The minimum absolute atomic E-state index is 0.00771. The smallest absolute Gasteiger partial charge is 0.326 e. The van der Waals surface area contributed by atoms with Crippen LogP contribution in [0, 0.1) is 0 Å². The number of aliphatic hydroxyl groups is 1. The Kier molecular flexibility index (Phi) is 12.9. The highest BCUT2D eigenvalue weighted by molar-refractivity contribution is 5.95. The maximum absolute atomic E-state index is 13.0. The van der Waals surface area contributed by atoms with Crippen molar-refractivity contribution in [2.45, 2.75) is 56.3 Å². The summed E-state index contributed by atoms with van der Waals surface area (Å²) < 4.78 is 0. The molecule has 1 rings (SSSR count). The number of carbonyl (C=O) groups is 5. The number of nitrogens with one attached hydrogen (secondary N) is 3. The van der Waals surface area contributed by atoms with Crippen LogP contribution < -0.4 is 33.2 Å². The summed E-state index contributed by atoms with van der Waals surface area (Å²) in [4.78, 5) is 60.3. The summed E-state index contributed by atoms with van der Waals surface area (Å²) in [5.41, 5.74) is 16.9. The van der Waals surface area contributed by atoms with Crippen LogP contribution in [0.25, 0.3) is 0 Å². The van der Waals surface area contributed by atoms with E-state index in [1.165, 1.54) is 24.3 Å². The molecule has 0 saturated carbocycles. The van der Waals surface area contributed by atoms with Crippen LogP contribution >= 0.6 is 0 Å². The number of primary amides is 1. The summed E-state index contributed by atoms with van der Waals surface area (Å²) in [6.45, 7) is -0.466. The van der Waals surface area contributed by atoms with Gasteiger partial charge in [0.25, 0.3) is 0 Å². The normalized spacial score (nSPS) is 14.1. The van der Waals surface area contributed by atoms with E-state index in [-0.39, 0.29) is 12.2 Å². The van der Waals surface area contributed by atoms with Gasteiger partial charge in [-0.05, 0) is 37.1 Å². The predicted octanol–water partition coefficient (Wildman–Crippen LogP) is -3.20. The first-order chi connectivity index (χ1) is 17.0. The van der Waals surface area contributed by atoms with Crippen LogP contribution in [0.5, 0.6) is 5.75 Å². The summed E-state index contributed by atoms with van der Waals surface area (Å²) in [5, 5.41) is 35.1. The number of aliphatic hydroxyl groups excluding tert-OH is 1. The molecule has 1 aromatic carbocycles. The molecule has 0 fully saturated rings. The highest BCUT2D eigenvalue weighted by Gasteiger charge is 2.30. The zero-order chi connectivity index (χ0) is 27.3. The number of aliphatic carboxylic acids is 1. The summed E-state index contributed by atoms with van der Waals surface area (Å²) in [7, 11) is 0. The van der Waals surface area contributed by atoms with Crippen LogP contribution in [0.4, 0.5) is 0 Å². The van der Waals surface area contributed by atoms with Crippen molar-refractivity contribution < 1.29 is 39.3 Å². The van der Waals surface area contributed by atoms with Gasteiger partial charge in [0.1, 0.15) is 23.9 Å². The molecule has 14 nitrogen and oxygen atoms in total. The maximum atomic E-state index is 13.0. The van der Waals surface area contributed by atoms with Gasteiger partial charge in [0.2, 0.25) is 23.6 Å². The van der Waals surface area contributed by atoms with Gasteiger partial charge in [-0.3, -0.25) is 19.2 Å². The average Bonchev–Trinajstić information content (AvgIpc) is 2.82. The minimum Gasteiger partial charge on any atom is -0.508 e. The Hall–Kier alpha value is -3.75. The molecule has 0 bridgehead atoms. The summed E-state index contributed by atoms with van der Waals surface area (Å²) in [6.07, 6.45) is 0.845. The van der Waals surface area contributed by atoms with E-state index in [1.54, 1.807) is 0 Å². The van der Waals surface area contributed by atoms with Gasteiger partial charge < -0.3 is 48.5 Å². The molecule has 4 atom stereocenters. The highest BCUT2D eigenvalue weighted by atomic mass is 16.4. The van der Waals surface area contributed by atoms with Gasteiger partial charge in [-0.25, -0.2) is 4.79 Å². The molecule has 0 radical (unpaired) electrons. The number of aromatic hydroxyl groups is 1. The number of benzene rings is 1. The number of nitrogens with two attached hydrogens (primary N) is 3. The first-order valence-electron chi connectivity index (χ1n) is 11.2. The molecule has 4 amide bonds. The van der Waals surface area contributed by atoms with Crippen LogP contribution in [0.15, 0.2) is 24.3 Å². The van der Waals surface area contributed by atoms with Gasteiger partial charge in [-0.1, -0.05) is 18.6 Å². The van der Waals surface area contributed by atoms with Crippen LogP contribution in [-0.2, 0) is 30.4 Å². The number of hydrogen-bond donors (Lipinski definition) is 9. The van der Waals surface area contributed by atoms with E-state index >= 15 is 0 Å². The number of carboxylic acids is 1. The number of rotatable bonds is 16. The minimum atomic E-state index is -1.67. The van der Waals surface area contributed by atoms with Gasteiger partial charge in [0, 0.05) is 6.42 Å². The Bertz CT molecular complexity index is 910. The molecule has 0 heterocycles. The average molecular weight is 511 g/mol. The fourth-order valence-corrected chi connectivity index (χ4v) is 3.14. The van der Waals surface area contributed by atoms with Gasteiger partial charge >= 0.3 is 5.97 Å². The third kappa shape index (κ3) is 10.7. The topological polar surface area (TPSA) is 260 Å². The van der Waals surface area contributed by atoms with E-state index in [0.717, 1.165) is 0 Å². The van der Waals surface area contributed by atoms with Crippen molar-refractivity contribution in [1.82, 2.24) is 16.0 Å². The Morgan fingerprint density at radius 2 is 1.42 bits per heavy atom.